The van der Waals surface area contributed by atoms with E-state index in [2.05, 4.69) is 5.10 Å². The van der Waals surface area contributed by atoms with Crippen LogP contribution in [0.4, 0.5) is 13.2 Å². The number of aromatic nitrogens is 2. The summed E-state index contributed by atoms with van der Waals surface area (Å²) < 4.78 is 44.0. The summed E-state index contributed by atoms with van der Waals surface area (Å²) in [6, 6.07) is 5.02. The molecule has 114 valence electrons. The van der Waals surface area contributed by atoms with E-state index in [1.54, 1.807) is 19.5 Å². The average molecular weight is 340 g/mol. The van der Waals surface area contributed by atoms with E-state index in [-0.39, 0.29) is 16.0 Å². The predicted molar refractivity (Wildman–Crippen MR) is 84.9 cm³/mol. The third-order valence-corrected chi connectivity index (χ3v) is 4.79. The van der Waals surface area contributed by atoms with Crippen molar-refractivity contribution in [3.8, 4) is 11.1 Å². The van der Waals surface area contributed by atoms with Gasteiger partial charge in [0.05, 0.1) is 10.4 Å². The molecule has 3 rings (SSSR count). The Labute approximate surface area is 132 Å². The van der Waals surface area contributed by atoms with Crippen molar-refractivity contribution >= 4 is 31.5 Å². The molecule has 0 N–H and O–H groups in total. The van der Waals surface area contributed by atoms with E-state index < -0.39 is 26.9 Å². The van der Waals surface area contributed by atoms with Crippen molar-refractivity contribution in [2.24, 2.45) is 7.05 Å². The fourth-order valence-electron chi connectivity index (χ4n) is 2.46. The van der Waals surface area contributed by atoms with Crippen molar-refractivity contribution < 1.29 is 13.2 Å². The van der Waals surface area contributed by atoms with Gasteiger partial charge in [-0.05, 0) is 47.3 Å². The third-order valence-electron chi connectivity index (χ3n) is 3.33. The first kappa shape index (κ1) is 15.2. The number of rotatable bonds is 2. The van der Waals surface area contributed by atoms with Crippen LogP contribution in [0.5, 0.6) is 0 Å². The standard InChI is InChI=1S/C15H11F3N2S2/c1-20-7-9-13(19-20)4-3-10(16)14(9)8-5-11(17)15(22(2)21)12(18)6-8/h3-7H,1-2H3. The van der Waals surface area contributed by atoms with Crippen molar-refractivity contribution in [1.29, 1.82) is 0 Å². The van der Waals surface area contributed by atoms with Crippen LogP contribution in [0.3, 0.4) is 0 Å². The Hall–Kier alpha value is -1.73. The minimum absolute atomic E-state index is 0.135. The van der Waals surface area contributed by atoms with Crippen LogP contribution >= 0.6 is 0 Å². The highest BCUT2D eigenvalue weighted by atomic mass is 32.8. The lowest BCUT2D eigenvalue weighted by Crippen LogP contribution is -1.98. The minimum atomic E-state index is -0.972. The van der Waals surface area contributed by atoms with Gasteiger partial charge >= 0.3 is 0 Å². The van der Waals surface area contributed by atoms with Crippen LogP contribution in [0.2, 0.25) is 0 Å². The topological polar surface area (TPSA) is 17.8 Å². The van der Waals surface area contributed by atoms with Gasteiger partial charge in [-0.3, -0.25) is 4.68 Å². The molecule has 0 aliphatic rings. The number of nitrogens with zero attached hydrogens (tertiary/aromatic N) is 2. The van der Waals surface area contributed by atoms with Crippen LogP contribution in [0.15, 0.2) is 35.4 Å². The summed E-state index contributed by atoms with van der Waals surface area (Å²) in [7, 11) is 0.728. The SMILES string of the molecule is Cn1cc2c(-c3cc(F)c(S(C)=S)c(F)c3)c(F)ccc2n1. The summed E-state index contributed by atoms with van der Waals surface area (Å²) in [5, 5.41) is 4.68. The second kappa shape index (κ2) is 5.48. The summed E-state index contributed by atoms with van der Waals surface area (Å²) in [5.41, 5.74) is 0.827. The van der Waals surface area contributed by atoms with Crippen molar-refractivity contribution in [3.63, 3.8) is 0 Å². The monoisotopic (exact) mass is 340 g/mol. The number of benzene rings is 2. The van der Waals surface area contributed by atoms with Gasteiger partial charge in [-0.15, -0.1) is 0 Å². The lowest BCUT2D eigenvalue weighted by atomic mass is 10.0. The van der Waals surface area contributed by atoms with E-state index in [0.29, 0.717) is 10.9 Å². The maximum atomic E-state index is 14.2. The predicted octanol–water partition coefficient (Wildman–Crippen LogP) is 3.73. The van der Waals surface area contributed by atoms with E-state index >= 15 is 0 Å². The average Bonchev–Trinajstić information content (AvgIpc) is 2.77. The first-order valence-electron chi connectivity index (χ1n) is 6.33. The molecule has 2 aromatic carbocycles. The molecule has 0 saturated heterocycles. The zero-order valence-electron chi connectivity index (χ0n) is 11.7. The van der Waals surface area contributed by atoms with Gasteiger partial charge in [-0.2, -0.15) is 5.10 Å². The van der Waals surface area contributed by atoms with Gasteiger partial charge in [-0.1, -0.05) is 9.45 Å². The Bertz CT molecular complexity index is 896. The normalized spacial score (nSPS) is 12.8. The molecular weight excluding hydrogens is 329 g/mol. The molecule has 22 heavy (non-hydrogen) atoms. The van der Waals surface area contributed by atoms with E-state index in [4.69, 9.17) is 11.2 Å². The van der Waals surface area contributed by atoms with Crippen molar-refractivity contribution in [2.45, 2.75) is 4.90 Å². The van der Waals surface area contributed by atoms with E-state index in [1.165, 1.54) is 16.8 Å². The molecule has 1 unspecified atom stereocenters. The quantitative estimate of drug-likeness (QED) is 0.707. The van der Waals surface area contributed by atoms with Gasteiger partial charge in [0, 0.05) is 24.2 Å². The smallest absolute Gasteiger partial charge is 0.140 e. The van der Waals surface area contributed by atoms with Gasteiger partial charge in [0.15, 0.2) is 0 Å². The summed E-state index contributed by atoms with van der Waals surface area (Å²) in [6.07, 6.45) is 3.17. The van der Waals surface area contributed by atoms with Gasteiger partial charge < -0.3 is 0 Å². The van der Waals surface area contributed by atoms with Crippen LogP contribution in [0, 0.1) is 17.5 Å². The zero-order valence-corrected chi connectivity index (χ0v) is 13.4. The lowest BCUT2D eigenvalue weighted by molar-refractivity contribution is 0.541. The lowest BCUT2D eigenvalue weighted by Gasteiger charge is -2.09. The van der Waals surface area contributed by atoms with Gasteiger partial charge in [-0.25, -0.2) is 13.2 Å². The van der Waals surface area contributed by atoms with Crippen LogP contribution in [0.1, 0.15) is 0 Å². The largest absolute Gasteiger partial charge is 0.275 e. The van der Waals surface area contributed by atoms with Crippen LogP contribution in [0.25, 0.3) is 22.0 Å². The molecule has 0 saturated carbocycles. The number of hydrogen-bond donors (Lipinski definition) is 0. The molecule has 3 aromatic rings. The molecule has 0 bridgehead atoms. The summed E-state index contributed by atoms with van der Waals surface area (Å²) in [5.74, 6) is -2.06. The Kier molecular flexibility index (Phi) is 3.78. The van der Waals surface area contributed by atoms with Gasteiger partial charge in [0.25, 0.3) is 0 Å². The molecule has 0 aliphatic carbocycles. The van der Waals surface area contributed by atoms with E-state index in [9.17, 15) is 13.2 Å². The summed E-state index contributed by atoms with van der Waals surface area (Å²) >= 11 is 4.95. The molecular formula is C15H11F3N2S2. The van der Waals surface area contributed by atoms with Crippen LogP contribution in [-0.4, -0.2) is 16.0 Å². The van der Waals surface area contributed by atoms with Gasteiger partial charge in [0.1, 0.15) is 17.5 Å². The Morgan fingerprint density at radius 3 is 2.32 bits per heavy atom. The molecule has 0 radical (unpaired) electrons. The molecule has 0 fully saturated rings. The Balaban J connectivity index is 2.32. The van der Waals surface area contributed by atoms with E-state index in [0.717, 1.165) is 12.1 Å². The molecule has 1 heterocycles. The maximum absolute atomic E-state index is 14.2. The fourth-order valence-corrected chi connectivity index (χ4v) is 3.60. The molecule has 1 atom stereocenters. The summed E-state index contributed by atoms with van der Waals surface area (Å²) in [4.78, 5) is -0.141. The van der Waals surface area contributed by atoms with Crippen molar-refractivity contribution in [2.75, 3.05) is 6.26 Å². The minimum Gasteiger partial charge on any atom is -0.275 e. The molecule has 7 heteroatoms. The molecule has 2 nitrogen and oxygen atoms in total. The fraction of sp³-hybridized carbons (Fsp3) is 0.133. The number of hydrogen-bond acceptors (Lipinski definition) is 2. The highest BCUT2D eigenvalue weighted by molar-refractivity contribution is 8.28. The Morgan fingerprint density at radius 2 is 1.73 bits per heavy atom. The zero-order chi connectivity index (χ0) is 16.0. The Morgan fingerprint density at radius 1 is 1.09 bits per heavy atom. The summed E-state index contributed by atoms with van der Waals surface area (Å²) in [6.45, 7) is 0. The third kappa shape index (κ3) is 2.44. The number of fused-ring (bicyclic) bond motifs is 1. The molecule has 0 amide bonds. The first-order chi connectivity index (χ1) is 10.4. The molecule has 0 spiro atoms. The maximum Gasteiger partial charge on any atom is 0.140 e. The van der Waals surface area contributed by atoms with Crippen LogP contribution < -0.4 is 0 Å². The first-order valence-corrected chi connectivity index (χ1v) is 8.89. The van der Waals surface area contributed by atoms with Crippen LogP contribution in [-0.2, 0) is 27.7 Å². The molecule has 0 aliphatic heterocycles. The number of aryl methyl sites for hydroxylation is 1. The second-order valence-electron chi connectivity index (χ2n) is 4.88. The highest BCUT2D eigenvalue weighted by Crippen LogP contribution is 2.33. The van der Waals surface area contributed by atoms with Crippen molar-refractivity contribution in [3.05, 3.63) is 47.9 Å². The molecule has 1 aromatic heterocycles. The van der Waals surface area contributed by atoms with E-state index in [1.807, 2.05) is 0 Å². The van der Waals surface area contributed by atoms with Crippen molar-refractivity contribution in [1.82, 2.24) is 9.78 Å². The second-order valence-corrected chi connectivity index (χ2v) is 7.70. The number of halogens is 3. The highest BCUT2D eigenvalue weighted by Gasteiger charge is 2.18. The van der Waals surface area contributed by atoms with Gasteiger partial charge in [0.2, 0.25) is 0 Å².